The minimum absolute atomic E-state index is 0.338. The van der Waals surface area contributed by atoms with Crippen LogP contribution in [0.5, 0.6) is 0 Å². The molecule has 1 aromatic heterocycles. The van der Waals surface area contributed by atoms with Gasteiger partial charge in [-0.2, -0.15) is 5.26 Å². The van der Waals surface area contributed by atoms with E-state index in [1.165, 1.54) is 0 Å². The molecule has 0 unspecified atom stereocenters. The third-order valence-corrected chi connectivity index (χ3v) is 3.23. The molecule has 2 aromatic rings. The van der Waals surface area contributed by atoms with Crippen LogP contribution >= 0.6 is 11.6 Å². The highest BCUT2D eigenvalue weighted by Gasteiger charge is 2.11. The van der Waals surface area contributed by atoms with E-state index in [9.17, 15) is 0 Å². The number of nitrogens with one attached hydrogen (secondary N) is 1. The first-order valence-corrected chi connectivity index (χ1v) is 6.56. The zero-order valence-electron chi connectivity index (χ0n) is 11.1. The molecule has 0 amide bonds. The van der Waals surface area contributed by atoms with Crippen molar-refractivity contribution in [3.8, 4) is 11.8 Å². The van der Waals surface area contributed by atoms with E-state index in [0.29, 0.717) is 24.0 Å². The zero-order chi connectivity index (χ0) is 14.4. The normalized spacial score (nSPS) is 10.4. The molecule has 1 heterocycles. The monoisotopic (exact) mass is 290 g/mol. The Bertz CT molecular complexity index is 618. The molecule has 104 valence electrons. The second-order valence-electron chi connectivity index (χ2n) is 4.14. The maximum absolute atomic E-state index is 9.08. The molecule has 0 aliphatic carbocycles. The van der Waals surface area contributed by atoms with Gasteiger partial charge in [0.15, 0.2) is 0 Å². The molecular formula is C14H15ClN4O. The number of rotatable bonds is 6. The average molecular weight is 291 g/mol. The summed E-state index contributed by atoms with van der Waals surface area (Å²) in [4.78, 5) is 4.01. The molecule has 0 aliphatic heterocycles. The van der Waals surface area contributed by atoms with Gasteiger partial charge in [-0.3, -0.25) is 4.57 Å². The third-order valence-electron chi connectivity index (χ3n) is 2.88. The van der Waals surface area contributed by atoms with Gasteiger partial charge >= 0.3 is 0 Å². The smallest absolute Gasteiger partial charge is 0.217 e. The minimum atomic E-state index is 0.338. The van der Waals surface area contributed by atoms with Gasteiger partial charge in [0.2, 0.25) is 5.82 Å². The molecule has 0 fully saturated rings. The van der Waals surface area contributed by atoms with Gasteiger partial charge in [0.1, 0.15) is 6.07 Å². The first-order chi connectivity index (χ1) is 9.77. The Balaban J connectivity index is 2.29. The summed E-state index contributed by atoms with van der Waals surface area (Å²) in [5.41, 5.74) is 1.79. The molecule has 6 heteroatoms. The molecule has 0 spiro atoms. The van der Waals surface area contributed by atoms with Gasteiger partial charge in [0, 0.05) is 43.2 Å². The van der Waals surface area contributed by atoms with E-state index in [1.54, 1.807) is 24.1 Å². The number of nitrogens with zero attached hydrogens (tertiary/aromatic N) is 3. The summed E-state index contributed by atoms with van der Waals surface area (Å²) in [5.74, 6) is 0.338. The second kappa shape index (κ2) is 7.06. The maximum atomic E-state index is 9.08. The Hall–Kier alpha value is -1.87. The van der Waals surface area contributed by atoms with Crippen LogP contribution in [0.4, 0.5) is 0 Å². The molecular weight excluding hydrogens is 276 g/mol. The number of aromatic nitrogens is 2. The summed E-state index contributed by atoms with van der Waals surface area (Å²) in [5, 5.41) is 13.0. The molecule has 5 nitrogen and oxygen atoms in total. The van der Waals surface area contributed by atoms with E-state index < -0.39 is 0 Å². The van der Waals surface area contributed by atoms with Gasteiger partial charge in [-0.1, -0.05) is 17.7 Å². The summed E-state index contributed by atoms with van der Waals surface area (Å²) in [6.07, 6.45) is 3.35. The summed E-state index contributed by atoms with van der Waals surface area (Å²) in [6.45, 7) is 1.96. The van der Waals surface area contributed by atoms with Gasteiger partial charge in [0.25, 0.3) is 0 Å². The third kappa shape index (κ3) is 3.17. The van der Waals surface area contributed by atoms with Gasteiger partial charge in [0.05, 0.1) is 12.3 Å². The van der Waals surface area contributed by atoms with Crippen molar-refractivity contribution < 1.29 is 4.74 Å². The van der Waals surface area contributed by atoms with Crippen molar-refractivity contribution in [3.05, 3.63) is 47.0 Å². The largest absolute Gasteiger partial charge is 0.383 e. The van der Waals surface area contributed by atoms with Crippen LogP contribution in [-0.4, -0.2) is 29.8 Å². The van der Waals surface area contributed by atoms with Gasteiger partial charge in [-0.25, -0.2) is 4.98 Å². The SMILES string of the molecule is COCCNCc1c(Cl)cccc1-n1ccnc1C#N. The number of nitriles is 1. The number of ether oxygens (including phenoxy) is 1. The lowest BCUT2D eigenvalue weighted by Gasteiger charge is -2.13. The highest BCUT2D eigenvalue weighted by atomic mass is 35.5. The van der Waals surface area contributed by atoms with Crippen molar-refractivity contribution in [2.75, 3.05) is 20.3 Å². The predicted molar refractivity (Wildman–Crippen MR) is 76.9 cm³/mol. The van der Waals surface area contributed by atoms with E-state index >= 15 is 0 Å². The van der Waals surface area contributed by atoms with E-state index in [2.05, 4.69) is 16.4 Å². The van der Waals surface area contributed by atoms with Crippen LogP contribution in [0, 0.1) is 11.3 Å². The number of halogens is 1. The van der Waals surface area contributed by atoms with Crippen molar-refractivity contribution >= 4 is 11.6 Å². The van der Waals surface area contributed by atoms with Crippen LogP contribution in [0.25, 0.3) is 5.69 Å². The summed E-state index contributed by atoms with van der Waals surface area (Å²) in [7, 11) is 1.66. The maximum Gasteiger partial charge on any atom is 0.217 e. The molecule has 1 N–H and O–H groups in total. The molecule has 0 radical (unpaired) electrons. The molecule has 2 rings (SSSR count). The molecule has 0 saturated carbocycles. The van der Waals surface area contributed by atoms with Crippen molar-refractivity contribution in [3.63, 3.8) is 0 Å². The van der Waals surface area contributed by atoms with Crippen LogP contribution in [0.15, 0.2) is 30.6 Å². The average Bonchev–Trinajstić information content (AvgIpc) is 2.93. The highest BCUT2D eigenvalue weighted by molar-refractivity contribution is 6.31. The van der Waals surface area contributed by atoms with Crippen molar-refractivity contribution in [2.45, 2.75) is 6.54 Å². The first kappa shape index (κ1) is 14.5. The van der Waals surface area contributed by atoms with Crippen molar-refractivity contribution in [1.82, 2.24) is 14.9 Å². The van der Waals surface area contributed by atoms with Crippen molar-refractivity contribution in [1.29, 1.82) is 5.26 Å². The first-order valence-electron chi connectivity index (χ1n) is 6.18. The highest BCUT2D eigenvalue weighted by Crippen LogP contribution is 2.24. The number of methoxy groups -OCH3 is 1. The van der Waals surface area contributed by atoms with Gasteiger partial charge < -0.3 is 10.1 Å². The molecule has 0 atom stereocenters. The molecule has 20 heavy (non-hydrogen) atoms. The number of imidazole rings is 1. The molecule has 0 saturated heterocycles. The zero-order valence-corrected chi connectivity index (χ0v) is 11.9. The lowest BCUT2D eigenvalue weighted by atomic mass is 10.1. The van der Waals surface area contributed by atoms with Gasteiger partial charge in [-0.15, -0.1) is 0 Å². The van der Waals surface area contributed by atoms with E-state index in [1.807, 2.05) is 18.2 Å². The van der Waals surface area contributed by atoms with Crippen LogP contribution in [-0.2, 0) is 11.3 Å². The molecule has 0 bridgehead atoms. The van der Waals surface area contributed by atoms with E-state index in [-0.39, 0.29) is 0 Å². The number of benzene rings is 1. The summed E-state index contributed by atoms with van der Waals surface area (Å²) < 4.78 is 6.73. The van der Waals surface area contributed by atoms with E-state index in [0.717, 1.165) is 17.8 Å². The fourth-order valence-corrected chi connectivity index (χ4v) is 2.15. The van der Waals surface area contributed by atoms with Crippen LogP contribution in [0.1, 0.15) is 11.4 Å². The minimum Gasteiger partial charge on any atom is -0.383 e. The van der Waals surface area contributed by atoms with Crippen molar-refractivity contribution in [2.24, 2.45) is 0 Å². The van der Waals surface area contributed by atoms with Gasteiger partial charge in [-0.05, 0) is 12.1 Å². The lowest BCUT2D eigenvalue weighted by Crippen LogP contribution is -2.20. The molecule has 0 aliphatic rings. The topological polar surface area (TPSA) is 62.9 Å². The van der Waals surface area contributed by atoms with Crippen LogP contribution < -0.4 is 5.32 Å². The predicted octanol–water partition coefficient (Wildman–Crippen LogP) is 2.13. The summed E-state index contributed by atoms with van der Waals surface area (Å²) in [6, 6.07) is 7.68. The van der Waals surface area contributed by atoms with Crippen LogP contribution in [0.3, 0.4) is 0 Å². The Kier molecular flexibility index (Phi) is 5.13. The standard InChI is InChI=1S/C14H15ClN4O/c1-20-8-6-17-10-11-12(15)3-2-4-13(11)19-7-5-18-14(19)9-16/h2-5,7,17H,6,8,10H2,1H3. The quantitative estimate of drug-likeness (QED) is 0.828. The van der Waals surface area contributed by atoms with Crippen LogP contribution in [0.2, 0.25) is 5.02 Å². The Morgan fingerprint density at radius 2 is 2.35 bits per heavy atom. The lowest BCUT2D eigenvalue weighted by molar-refractivity contribution is 0.199. The Morgan fingerprint density at radius 3 is 3.10 bits per heavy atom. The summed E-state index contributed by atoms with van der Waals surface area (Å²) >= 11 is 6.27. The fourth-order valence-electron chi connectivity index (χ4n) is 1.92. The Labute approximate surface area is 122 Å². The molecule has 1 aromatic carbocycles. The number of hydrogen-bond acceptors (Lipinski definition) is 4. The second-order valence-corrected chi connectivity index (χ2v) is 4.55. The number of hydrogen-bond donors (Lipinski definition) is 1. The Morgan fingerprint density at radius 1 is 1.50 bits per heavy atom. The fraction of sp³-hybridized carbons (Fsp3) is 0.286. The van der Waals surface area contributed by atoms with E-state index in [4.69, 9.17) is 21.6 Å².